The SMILES string of the molecule is CCC(C)[C@H](NC(=O)c1cccc(Br)c1)C(=O)OC. The lowest BCUT2D eigenvalue weighted by molar-refractivity contribution is -0.144. The average Bonchev–Trinajstić information content (AvgIpc) is 2.42. The highest BCUT2D eigenvalue weighted by molar-refractivity contribution is 9.10. The maximum absolute atomic E-state index is 12.1. The number of nitrogens with one attached hydrogen (secondary N) is 1. The van der Waals surface area contributed by atoms with Gasteiger partial charge in [-0.2, -0.15) is 0 Å². The molecular weight excluding hydrogens is 310 g/mol. The fourth-order valence-electron chi connectivity index (χ4n) is 1.65. The number of hydrogen-bond acceptors (Lipinski definition) is 3. The number of esters is 1. The zero-order valence-corrected chi connectivity index (χ0v) is 12.9. The van der Waals surface area contributed by atoms with Crippen molar-refractivity contribution in [2.24, 2.45) is 5.92 Å². The van der Waals surface area contributed by atoms with Gasteiger partial charge in [-0.3, -0.25) is 4.79 Å². The Morgan fingerprint density at radius 1 is 1.42 bits per heavy atom. The minimum absolute atomic E-state index is 0.0172. The normalized spacial score (nSPS) is 13.5. The van der Waals surface area contributed by atoms with Gasteiger partial charge in [-0.15, -0.1) is 0 Å². The Balaban J connectivity index is 2.84. The second-order valence-corrected chi connectivity index (χ2v) is 5.29. The highest BCUT2D eigenvalue weighted by atomic mass is 79.9. The predicted octanol–water partition coefficient (Wildman–Crippen LogP) is 2.77. The van der Waals surface area contributed by atoms with Gasteiger partial charge in [0.1, 0.15) is 6.04 Å². The highest BCUT2D eigenvalue weighted by Gasteiger charge is 2.26. The van der Waals surface area contributed by atoms with Crippen LogP contribution in [0.2, 0.25) is 0 Å². The van der Waals surface area contributed by atoms with Crippen molar-refractivity contribution in [1.29, 1.82) is 0 Å². The van der Waals surface area contributed by atoms with Crippen LogP contribution in [-0.4, -0.2) is 25.0 Å². The Morgan fingerprint density at radius 2 is 2.11 bits per heavy atom. The third kappa shape index (κ3) is 4.35. The van der Waals surface area contributed by atoms with E-state index in [1.807, 2.05) is 19.9 Å². The van der Waals surface area contributed by atoms with Gasteiger partial charge in [0.2, 0.25) is 0 Å². The van der Waals surface area contributed by atoms with Crippen LogP contribution in [0.3, 0.4) is 0 Å². The van der Waals surface area contributed by atoms with E-state index in [-0.39, 0.29) is 11.8 Å². The van der Waals surface area contributed by atoms with Crippen molar-refractivity contribution >= 4 is 27.8 Å². The van der Waals surface area contributed by atoms with E-state index in [0.717, 1.165) is 10.9 Å². The van der Waals surface area contributed by atoms with Crippen molar-refractivity contribution in [3.63, 3.8) is 0 Å². The first-order valence-electron chi connectivity index (χ1n) is 6.13. The summed E-state index contributed by atoms with van der Waals surface area (Å²) in [6.45, 7) is 3.87. The number of rotatable bonds is 5. The van der Waals surface area contributed by atoms with E-state index in [1.54, 1.807) is 18.2 Å². The molecule has 0 heterocycles. The molecular formula is C14H18BrNO3. The number of halogens is 1. The van der Waals surface area contributed by atoms with Gasteiger partial charge in [0.15, 0.2) is 0 Å². The number of methoxy groups -OCH3 is 1. The Bertz CT molecular complexity index is 462. The van der Waals surface area contributed by atoms with Gasteiger partial charge >= 0.3 is 5.97 Å². The Kier molecular flexibility index (Phi) is 6.02. The lowest BCUT2D eigenvalue weighted by atomic mass is 9.99. The maximum Gasteiger partial charge on any atom is 0.328 e. The molecule has 2 atom stereocenters. The zero-order chi connectivity index (χ0) is 14.4. The third-order valence-electron chi connectivity index (χ3n) is 3.04. The molecule has 104 valence electrons. The number of amides is 1. The van der Waals surface area contributed by atoms with Gasteiger partial charge in [-0.05, 0) is 24.1 Å². The van der Waals surface area contributed by atoms with E-state index in [2.05, 4.69) is 21.2 Å². The van der Waals surface area contributed by atoms with Gasteiger partial charge in [-0.25, -0.2) is 4.79 Å². The van der Waals surface area contributed by atoms with Crippen molar-refractivity contribution in [3.8, 4) is 0 Å². The summed E-state index contributed by atoms with van der Waals surface area (Å²) in [6.07, 6.45) is 0.776. The molecule has 4 nitrogen and oxygen atoms in total. The van der Waals surface area contributed by atoms with Crippen LogP contribution >= 0.6 is 15.9 Å². The summed E-state index contributed by atoms with van der Waals surface area (Å²) in [5.74, 6) is -0.682. The van der Waals surface area contributed by atoms with E-state index in [0.29, 0.717) is 5.56 Å². The van der Waals surface area contributed by atoms with Gasteiger partial charge < -0.3 is 10.1 Å². The van der Waals surface area contributed by atoms with Crippen LogP contribution in [0.15, 0.2) is 28.7 Å². The van der Waals surface area contributed by atoms with Crippen molar-refractivity contribution in [2.75, 3.05) is 7.11 Å². The molecule has 1 amide bonds. The molecule has 0 bridgehead atoms. The lowest BCUT2D eigenvalue weighted by Crippen LogP contribution is -2.45. The van der Waals surface area contributed by atoms with Gasteiger partial charge in [0.25, 0.3) is 5.91 Å². The molecule has 5 heteroatoms. The summed E-state index contributed by atoms with van der Waals surface area (Å²) < 4.78 is 5.55. The summed E-state index contributed by atoms with van der Waals surface area (Å²) in [7, 11) is 1.32. The largest absolute Gasteiger partial charge is 0.467 e. The fourth-order valence-corrected chi connectivity index (χ4v) is 2.05. The first-order valence-corrected chi connectivity index (χ1v) is 6.93. The van der Waals surface area contributed by atoms with E-state index in [4.69, 9.17) is 4.74 Å². The first kappa shape index (κ1) is 15.7. The lowest BCUT2D eigenvalue weighted by Gasteiger charge is -2.21. The second kappa shape index (κ2) is 7.28. The van der Waals surface area contributed by atoms with Gasteiger partial charge in [-0.1, -0.05) is 42.3 Å². The molecule has 0 aliphatic rings. The first-order chi connectivity index (χ1) is 8.99. The Hall–Kier alpha value is -1.36. The van der Waals surface area contributed by atoms with Crippen LogP contribution < -0.4 is 5.32 Å². The summed E-state index contributed by atoms with van der Waals surface area (Å²) in [6, 6.07) is 6.39. The summed E-state index contributed by atoms with van der Waals surface area (Å²) >= 11 is 3.31. The number of hydrogen-bond donors (Lipinski definition) is 1. The van der Waals surface area contributed by atoms with E-state index in [1.165, 1.54) is 7.11 Å². The van der Waals surface area contributed by atoms with Crippen LogP contribution in [0, 0.1) is 5.92 Å². The molecule has 1 rings (SSSR count). The Morgan fingerprint density at radius 3 is 2.63 bits per heavy atom. The molecule has 1 N–H and O–H groups in total. The van der Waals surface area contributed by atoms with Crippen LogP contribution in [0.4, 0.5) is 0 Å². The molecule has 0 aliphatic heterocycles. The Labute approximate surface area is 121 Å². The van der Waals surface area contributed by atoms with Crippen LogP contribution in [0.25, 0.3) is 0 Å². The average molecular weight is 328 g/mol. The molecule has 0 spiro atoms. The third-order valence-corrected chi connectivity index (χ3v) is 3.53. The van der Waals surface area contributed by atoms with Crippen molar-refractivity contribution < 1.29 is 14.3 Å². The van der Waals surface area contributed by atoms with Crippen LogP contribution in [0.1, 0.15) is 30.6 Å². The smallest absolute Gasteiger partial charge is 0.328 e. The monoisotopic (exact) mass is 327 g/mol. The maximum atomic E-state index is 12.1. The minimum atomic E-state index is -0.624. The van der Waals surface area contributed by atoms with E-state index >= 15 is 0 Å². The summed E-state index contributed by atoms with van der Waals surface area (Å²) in [4.78, 5) is 23.8. The number of carbonyl (C=O) groups is 2. The van der Waals surface area contributed by atoms with Crippen molar-refractivity contribution in [2.45, 2.75) is 26.3 Å². The van der Waals surface area contributed by atoms with Crippen molar-refractivity contribution in [1.82, 2.24) is 5.32 Å². The molecule has 1 aromatic carbocycles. The van der Waals surface area contributed by atoms with E-state index in [9.17, 15) is 9.59 Å². The molecule has 1 aromatic rings. The molecule has 0 aliphatic carbocycles. The summed E-state index contributed by atoms with van der Waals surface area (Å²) in [5.41, 5.74) is 0.506. The quantitative estimate of drug-likeness (QED) is 0.846. The topological polar surface area (TPSA) is 55.4 Å². The molecule has 0 saturated heterocycles. The fraction of sp³-hybridized carbons (Fsp3) is 0.429. The molecule has 0 radical (unpaired) electrons. The number of carbonyl (C=O) groups excluding carboxylic acids is 2. The van der Waals surface area contributed by atoms with Gasteiger partial charge in [0, 0.05) is 10.0 Å². The number of ether oxygens (including phenoxy) is 1. The second-order valence-electron chi connectivity index (χ2n) is 4.37. The van der Waals surface area contributed by atoms with E-state index < -0.39 is 12.0 Å². The molecule has 0 aromatic heterocycles. The summed E-state index contributed by atoms with van der Waals surface area (Å²) in [5, 5.41) is 2.73. The molecule has 1 unspecified atom stereocenters. The van der Waals surface area contributed by atoms with Crippen molar-refractivity contribution in [3.05, 3.63) is 34.3 Å². The van der Waals surface area contributed by atoms with Crippen LogP contribution in [0.5, 0.6) is 0 Å². The standard InChI is InChI=1S/C14H18BrNO3/c1-4-9(2)12(14(18)19-3)16-13(17)10-6-5-7-11(15)8-10/h5-9,12H,4H2,1-3H3,(H,16,17)/t9?,12-/m0/s1. The van der Waals surface area contributed by atoms with Gasteiger partial charge in [0.05, 0.1) is 7.11 Å². The van der Waals surface area contributed by atoms with Crippen LogP contribution in [-0.2, 0) is 9.53 Å². The molecule has 0 fully saturated rings. The molecule has 19 heavy (non-hydrogen) atoms. The predicted molar refractivity (Wildman–Crippen MR) is 76.9 cm³/mol. The highest BCUT2D eigenvalue weighted by Crippen LogP contribution is 2.14. The number of benzene rings is 1. The molecule has 0 saturated carbocycles. The minimum Gasteiger partial charge on any atom is -0.467 e. The zero-order valence-electron chi connectivity index (χ0n) is 11.3.